The molecule has 1 N–H and O–H groups in total. The Morgan fingerprint density at radius 1 is 1.15 bits per heavy atom. The highest BCUT2D eigenvalue weighted by Gasteiger charge is 2.25. The van der Waals surface area contributed by atoms with Crippen molar-refractivity contribution >= 4 is 11.8 Å². The van der Waals surface area contributed by atoms with Crippen molar-refractivity contribution in [2.24, 2.45) is 0 Å². The molecule has 1 rings (SSSR count). The van der Waals surface area contributed by atoms with Crippen LogP contribution in [0.3, 0.4) is 0 Å². The normalized spacial score (nSPS) is 12.1. The Hall–Kier alpha value is -1.68. The van der Waals surface area contributed by atoms with Gasteiger partial charge in [0, 0.05) is 5.56 Å². The molecule has 0 heterocycles. The minimum Gasteiger partial charge on any atom is -0.469 e. The van der Waals surface area contributed by atoms with E-state index in [-0.39, 0.29) is 12.2 Å². The Morgan fingerprint density at radius 2 is 1.65 bits per heavy atom. The van der Waals surface area contributed by atoms with Crippen molar-refractivity contribution in [2.45, 2.75) is 40.2 Å². The van der Waals surface area contributed by atoms with Gasteiger partial charge in [-0.2, -0.15) is 0 Å². The summed E-state index contributed by atoms with van der Waals surface area (Å²) in [5.74, 6) is -0.447. The van der Waals surface area contributed by atoms with E-state index in [1.807, 2.05) is 27.7 Å². The second-order valence-electron chi connectivity index (χ2n) is 5.12. The van der Waals surface area contributed by atoms with Gasteiger partial charge in [-0.25, -0.2) is 0 Å². The number of benzene rings is 1. The minimum atomic E-state index is -0.555. The van der Waals surface area contributed by atoms with Crippen molar-refractivity contribution < 1.29 is 14.3 Å². The van der Waals surface area contributed by atoms with Gasteiger partial charge in [0.2, 0.25) is 0 Å². The number of rotatable bonds is 5. The van der Waals surface area contributed by atoms with Crippen molar-refractivity contribution in [2.75, 3.05) is 14.2 Å². The number of hydrogen-bond acceptors (Lipinski definition) is 4. The maximum atomic E-state index is 12.7. The lowest BCUT2D eigenvalue weighted by Crippen LogP contribution is -2.37. The fourth-order valence-electron chi connectivity index (χ4n) is 2.34. The predicted molar refractivity (Wildman–Crippen MR) is 79.2 cm³/mol. The number of methoxy groups -OCH3 is 1. The van der Waals surface area contributed by atoms with Crippen LogP contribution in [0.25, 0.3) is 0 Å². The number of ketones is 1. The Bertz CT molecular complexity index is 509. The van der Waals surface area contributed by atoms with Crippen molar-refractivity contribution in [3.8, 4) is 0 Å². The average molecular weight is 277 g/mol. The van der Waals surface area contributed by atoms with Gasteiger partial charge in [0.25, 0.3) is 0 Å². The van der Waals surface area contributed by atoms with Gasteiger partial charge in [-0.3, -0.25) is 9.59 Å². The molecule has 0 fully saturated rings. The zero-order chi connectivity index (χ0) is 15.4. The van der Waals surface area contributed by atoms with E-state index in [4.69, 9.17) is 0 Å². The van der Waals surface area contributed by atoms with Crippen LogP contribution in [0, 0.1) is 27.7 Å². The van der Waals surface area contributed by atoms with Crippen LogP contribution in [0.15, 0.2) is 6.07 Å². The predicted octanol–water partition coefficient (Wildman–Crippen LogP) is 2.25. The van der Waals surface area contributed by atoms with Crippen molar-refractivity contribution in [1.82, 2.24) is 5.32 Å². The zero-order valence-electron chi connectivity index (χ0n) is 13.1. The van der Waals surface area contributed by atoms with Gasteiger partial charge >= 0.3 is 5.97 Å². The average Bonchev–Trinajstić information content (AvgIpc) is 2.42. The van der Waals surface area contributed by atoms with Crippen LogP contribution in [-0.2, 0) is 9.53 Å². The Balaban J connectivity index is 3.22. The molecule has 1 aromatic carbocycles. The largest absolute Gasteiger partial charge is 0.469 e. The molecular formula is C16H23NO3. The number of likely N-dealkylation sites (N-methyl/N-ethyl adjacent to an activating group) is 1. The van der Waals surface area contributed by atoms with Crippen LogP contribution in [0.2, 0.25) is 0 Å². The molecule has 0 aliphatic heterocycles. The van der Waals surface area contributed by atoms with Crippen molar-refractivity contribution in [1.29, 1.82) is 0 Å². The SMILES string of the molecule is CNC(CC(=O)OC)C(=O)c1c(C)c(C)cc(C)c1C. The molecule has 0 saturated carbocycles. The zero-order valence-corrected chi connectivity index (χ0v) is 13.1. The first-order chi connectivity index (χ1) is 9.33. The molecule has 0 aliphatic rings. The van der Waals surface area contributed by atoms with Gasteiger partial charge in [-0.1, -0.05) is 6.07 Å². The van der Waals surface area contributed by atoms with E-state index in [9.17, 15) is 9.59 Å². The molecule has 0 bridgehead atoms. The molecule has 1 atom stereocenters. The third-order valence-corrected chi connectivity index (χ3v) is 3.88. The Labute approximate surface area is 120 Å². The van der Waals surface area contributed by atoms with Crippen LogP contribution in [0.5, 0.6) is 0 Å². The first-order valence-electron chi connectivity index (χ1n) is 6.69. The highest BCUT2D eigenvalue weighted by atomic mass is 16.5. The van der Waals surface area contributed by atoms with Crippen LogP contribution in [-0.4, -0.2) is 32.0 Å². The smallest absolute Gasteiger partial charge is 0.307 e. The highest BCUT2D eigenvalue weighted by molar-refractivity contribution is 6.04. The summed E-state index contributed by atoms with van der Waals surface area (Å²) >= 11 is 0. The summed E-state index contributed by atoms with van der Waals surface area (Å²) in [7, 11) is 3.01. The van der Waals surface area contributed by atoms with E-state index in [2.05, 4.69) is 16.1 Å². The lowest BCUT2D eigenvalue weighted by Gasteiger charge is -2.19. The van der Waals surface area contributed by atoms with E-state index in [1.54, 1.807) is 7.05 Å². The number of hydrogen-bond donors (Lipinski definition) is 1. The summed E-state index contributed by atoms with van der Waals surface area (Å²) in [5.41, 5.74) is 4.84. The lowest BCUT2D eigenvalue weighted by atomic mass is 9.88. The third kappa shape index (κ3) is 3.25. The summed E-state index contributed by atoms with van der Waals surface area (Å²) in [4.78, 5) is 24.1. The molecule has 0 aromatic heterocycles. The number of ether oxygens (including phenoxy) is 1. The maximum Gasteiger partial charge on any atom is 0.307 e. The van der Waals surface area contributed by atoms with Crippen LogP contribution in [0.4, 0.5) is 0 Å². The Morgan fingerprint density at radius 3 is 2.05 bits per heavy atom. The van der Waals surface area contributed by atoms with Gasteiger partial charge in [-0.15, -0.1) is 0 Å². The third-order valence-electron chi connectivity index (χ3n) is 3.88. The number of aryl methyl sites for hydroxylation is 2. The van der Waals surface area contributed by atoms with E-state index < -0.39 is 12.0 Å². The van der Waals surface area contributed by atoms with Gasteiger partial charge in [0.1, 0.15) is 0 Å². The van der Waals surface area contributed by atoms with Gasteiger partial charge in [-0.05, 0) is 57.0 Å². The van der Waals surface area contributed by atoms with Gasteiger partial charge in [0.15, 0.2) is 5.78 Å². The van der Waals surface area contributed by atoms with Gasteiger partial charge < -0.3 is 10.1 Å². The first-order valence-corrected chi connectivity index (χ1v) is 6.69. The number of nitrogens with one attached hydrogen (secondary N) is 1. The molecule has 4 heteroatoms. The van der Waals surface area contributed by atoms with E-state index in [0.29, 0.717) is 5.56 Å². The lowest BCUT2D eigenvalue weighted by molar-refractivity contribution is -0.140. The second kappa shape index (κ2) is 6.66. The van der Waals surface area contributed by atoms with Crippen LogP contribution >= 0.6 is 0 Å². The van der Waals surface area contributed by atoms with E-state index in [1.165, 1.54) is 7.11 Å². The minimum absolute atomic E-state index is 0.0394. The van der Waals surface area contributed by atoms with E-state index >= 15 is 0 Å². The molecule has 0 spiro atoms. The van der Waals surface area contributed by atoms with Crippen LogP contribution in [0.1, 0.15) is 39.0 Å². The number of carbonyl (C=O) groups is 2. The molecule has 4 nitrogen and oxygen atoms in total. The standard InChI is InChI=1S/C16H23NO3/c1-9-7-10(2)12(4)15(11(9)3)16(19)13(17-5)8-14(18)20-6/h7,13,17H,8H2,1-6H3. The van der Waals surface area contributed by atoms with Crippen molar-refractivity contribution in [3.05, 3.63) is 33.9 Å². The molecular weight excluding hydrogens is 254 g/mol. The topological polar surface area (TPSA) is 55.4 Å². The monoisotopic (exact) mass is 277 g/mol. The molecule has 0 aliphatic carbocycles. The summed E-state index contributed by atoms with van der Waals surface area (Å²) < 4.78 is 4.65. The highest BCUT2D eigenvalue weighted by Crippen LogP contribution is 2.23. The second-order valence-corrected chi connectivity index (χ2v) is 5.12. The molecule has 0 saturated heterocycles. The van der Waals surface area contributed by atoms with Gasteiger partial charge in [0.05, 0.1) is 19.6 Å². The summed E-state index contributed by atoms with van der Waals surface area (Å²) in [6.45, 7) is 7.88. The van der Waals surface area contributed by atoms with Crippen molar-refractivity contribution in [3.63, 3.8) is 0 Å². The van der Waals surface area contributed by atoms with E-state index in [0.717, 1.165) is 22.3 Å². The maximum absolute atomic E-state index is 12.7. The molecule has 0 radical (unpaired) electrons. The summed E-state index contributed by atoms with van der Waals surface area (Å²) in [5, 5.41) is 2.91. The molecule has 0 amide bonds. The molecule has 20 heavy (non-hydrogen) atoms. The molecule has 110 valence electrons. The first kappa shape index (κ1) is 16.4. The number of Topliss-reactive ketones (excluding diaryl/α,β-unsaturated/α-hetero) is 1. The molecule has 1 unspecified atom stereocenters. The fourth-order valence-corrected chi connectivity index (χ4v) is 2.34. The quantitative estimate of drug-likeness (QED) is 0.662. The number of esters is 1. The summed E-state index contributed by atoms with van der Waals surface area (Å²) in [6, 6.07) is 1.52. The summed E-state index contributed by atoms with van der Waals surface area (Å²) in [6.07, 6.45) is 0.0394. The molecule has 1 aromatic rings. The number of carbonyl (C=O) groups excluding carboxylic acids is 2. The fraction of sp³-hybridized carbons (Fsp3) is 0.500. The Kier molecular flexibility index (Phi) is 5.45. The van der Waals surface area contributed by atoms with Crippen LogP contribution < -0.4 is 5.32 Å².